The van der Waals surface area contributed by atoms with Gasteiger partial charge in [0, 0.05) is 27.5 Å². The molecule has 0 rings (SSSR count). The largest absolute Gasteiger partial charge is 0.388 e. The summed E-state index contributed by atoms with van der Waals surface area (Å²) in [6.45, 7) is 1.22. The van der Waals surface area contributed by atoms with E-state index < -0.39 is 28.2 Å². The average Bonchev–Trinajstić information content (AvgIpc) is 2.32. The Morgan fingerprint density at radius 3 is 2.53 bits per heavy atom. The maximum absolute atomic E-state index is 10.7. The van der Waals surface area contributed by atoms with Crippen LogP contribution in [0.15, 0.2) is 0 Å². The lowest BCUT2D eigenvalue weighted by atomic mass is 10.1. The van der Waals surface area contributed by atoms with Gasteiger partial charge in [-0.1, -0.05) is 13.3 Å². The maximum Gasteiger partial charge on any atom is 0.324 e. The van der Waals surface area contributed by atoms with Crippen molar-refractivity contribution in [3.05, 3.63) is 10.1 Å². The lowest BCUT2D eigenvalue weighted by Crippen LogP contribution is -2.53. The van der Waals surface area contributed by atoms with E-state index in [1.807, 2.05) is 6.92 Å². The summed E-state index contributed by atoms with van der Waals surface area (Å²) >= 11 is 2.62. The first-order chi connectivity index (χ1) is 7.90. The van der Waals surface area contributed by atoms with Crippen molar-refractivity contribution in [1.82, 2.24) is 0 Å². The van der Waals surface area contributed by atoms with Gasteiger partial charge in [0.15, 0.2) is 6.10 Å². The van der Waals surface area contributed by atoms with Gasteiger partial charge in [-0.15, -0.1) is 0 Å². The Morgan fingerprint density at radius 1 is 1.53 bits per heavy atom. The summed E-state index contributed by atoms with van der Waals surface area (Å²) in [6, 6.07) is 0. The van der Waals surface area contributed by atoms with Crippen molar-refractivity contribution < 1.29 is 25.0 Å². The zero-order chi connectivity index (χ0) is 13.5. The molecule has 0 aliphatic carbocycles. The van der Waals surface area contributed by atoms with Crippen molar-refractivity contribution in [3.8, 4) is 0 Å². The van der Waals surface area contributed by atoms with Gasteiger partial charge >= 0.3 is 4.45 Å². The molecule has 8 heteroatoms. The quantitative estimate of drug-likeness (QED) is 0.180. The third kappa shape index (κ3) is 4.84. The minimum absolute atomic E-state index is 0.220. The van der Waals surface area contributed by atoms with Gasteiger partial charge in [0.1, 0.15) is 12.7 Å². The first-order valence-electron chi connectivity index (χ1n) is 5.28. The summed E-state index contributed by atoms with van der Waals surface area (Å²) in [5, 5.41) is 38.6. The van der Waals surface area contributed by atoms with Gasteiger partial charge in [-0.3, -0.25) is 10.1 Å². The van der Waals surface area contributed by atoms with Gasteiger partial charge < -0.3 is 20.1 Å². The molecule has 3 N–H and O–H groups in total. The smallest absolute Gasteiger partial charge is 0.324 e. The number of rotatable bonds is 9. The number of aliphatic hydroxyl groups is 3. The van der Waals surface area contributed by atoms with Gasteiger partial charge in [0.2, 0.25) is 0 Å². The standard InChI is InChI=1S/C9H18BrNO6/c1-2-3-4-17-5-7(13)8(14)9(10,6-12)11(15)16/h7-8,12-14H,2-6H2,1H3. The zero-order valence-electron chi connectivity index (χ0n) is 9.58. The average molecular weight is 316 g/mol. The van der Waals surface area contributed by atoms with Crippen LogP contribution in [-0.2, 0) is 4.74 Å². The molecule has 0 aromatic heterocycles. The number of halogens is 1. The lowest BCUT2D eigenvalue weighted by molar-refractivity contribution is -0.553. The SMILES string of the molecule is CCCCOCC(O)C(O)C(Br)(CO)[N+](=O)[O-]. The van der Waals surface area contributed by atoms with Gasteiger partial charge in [0.05, 0.1) is 6.61 Å². The monoisotopic (exact) mass is 315 g/mol. The van der Waals surface area contributed by atoms with Crippen LogP contribution in [0.5, 0.6) is 0 Å². The van der Waals surface area contributed by atoms with Crippen molar-refractivity contribution >= 4 is 15.9 Å². The Kier molecular flexibility index (Phi) is 7.80. The number of nitrogens with zero attached hydrogens (tertiary/aromatic N) is 1. The predicted molar refractivity (Wildman–Crippen MR) is 63.5 cm³/mol. The minimum atomic E-state index is -2.17. The molecule has 0 saturated heterocycles. The van der Waals surface area contributed by atoms with Gasteiger partial charge in [-0.05, 0) is 6.42 Å². The highest BCUT2D eigenvalue weighted by Crippen LogP contribution is 2.25. The number of nitro groups is 1. The molecular weight excluding hydrogens is 298 g/mol. The highest BCUT2D eigenvalue weighted by Gasteiger charge is 2.50. The molecule has 0 bridgehead atoms. The second kappa shape index (κ2) is 7.93. The molecular formula is C9H18BrNO6. The number of hydrogen-bond donors (Lipinski definition) is 3. The van der Waals surface area contributed by atoms with E-state index in [-0.39, 0.29) is 6.61 Å². The van der Waals surface area contributed by atoms with Crippen LogP contribution in [0.4, 0.5) is 0 Å². The fourth-order valence-electron chi connectivity index (χ4n) is 1.10. The molecule has 0 radical (unpaired) electrons. The van der Waals surface area contributed by atoms with Crippen LogP contribution in [0, 0.1) is 10.1 Å². The molecule has 7 nitrogen and oxygen atoms in total. The van der Waals surface area contributed by atoms with Gasteiger partial charge in [0.25, 0.3) is 0 Å². The summed E-state index contributed by atoms with van der Waals surface area (Å²) in [5.41, 5.74) is 0. The third-order valence-corrected chi connectivity index (χ3v) is 3.28. The fraction of sp³-hybridized carbons (Fsp3) is 1.00. The highest BCUT2D eigenvalue weighted by molar-refractivity contribution is 9.10. The first kappa shape index (κ1) is 16.7. The number of alkyl halides is 1. The summed E-state index contributed by atoms with van der Waals surface area (Å²) in [4.78, 5) is 9.78. The molecule has 0 spiro atoms. The van der Waals surface area contributed by atoms with E-state index in [0.29, 0.717) is 6.61 Å². The second-order valence-electron chi connectivity index (χ2n) is 3.67. The fourth-order valence-corrected chi connectivity index (χ4v) is 1.40. The zero-order valence-corrected chi connectivity index (χ0v) is 11.2. The molecule has 0 heterocycles. The lowest BCUT2D eigenvalue weighted by Gasteiger charge is -2.26. The molecule has 102 valence electrons. The van der Waals surface area contributed by atoms with E-state index in [2.05, 4.69) is 15.9 Å². The van der Waals surface area contributed by atoms with Crippen LogP contribution < -0.4 is 0 Å². The van der Waals surface area contributed by atoms with Crippen molar-refractivity contribution in [2.24, 2.45) is 0 Å². The highest BCUT2D eigenvalue weighted by atomic mass is 79.9. The maximum atomic E-state index is 10.7. The molecule has 0 fully saturated rings. The topological polar surface area (TPSA) is 113 Å². The van der Waals surface area contributed by atoms with Crippen LogP contribution in [0.3, 0.4) is 0 Å². The molecule has 3 unspecified atom stereocenters. The van der Waals surface area contributed by atoms with E-state index in [9.17, 15) is 20.3 Å². The van der Waals surface area contributed by atoms with Crippen LogP contribution >= 0.6 is 15.9 Å². The molecule has 0 saturated carbocycles. The summed E-state index contributed by atoms with van der Waals surface area (Å²) in [5.74, 6) is 0. The third-order valence-electron chi connectivity index (χ3n) is 2.27. The number of hydrogen-bond acceptors (Lipinski definition) is 6. The van der Waals surface area contributed by atoms with Crippen LogP contribution in [-0.4, -0.2) is 56.7 Å². The molecule has 0 aliphatic heterocycles. The number of unbranched alkanes of at least 4 members (excludes halogenated alkanes) is 1. The minimum Gasteiger partial charge on any atom is -0.388 e. The van der Waals surface area contributed by atoms with E-state index in [4.69, 9.17) is 9.84 Å². The summed E-state index contributed by atoms with van der Waals surface area (Å²) < 4.78 is 2.88. The van der Waals surface area contributed by atoms with Crippen LogP contribution in [0.25, 0.3) is 0 Å². The Morgan fingerprint density at radius 2 is 2.12 bits per heavy atom. The number of aliphatic hydroxyl groups excluding tert-OH is 3. The Labute approximate surface area is 108 Å². The van der Waals surface area contributed by atoms with Gasteiger partial charge in [-0.2, -0.15) is 0 Å². The molecule has 17 heavy (non-hydrogen) atoms. The van der Waals surface area contributed by atoms with E-state index >= 15 is 0 Å². The molecule has 0 aliphatic rings. The summed E-state index contributed by atoms with van der Waals surface area (Å²) in [6.07, 6.45) is -1.47. The molecule has 0 aromatic rings. The van der Waals surface area contributed by atoms with E-state index in [1.54, 1.807) is 0 Å². The Hall–Kier alpha value is -0.280. The van der Waals surface area contributed by atoms with Crippen LogP contribution in [0.1, 0.15) is 19.8 Å². The predicted octanol–water partition coefficient (Wildman–Crippen LogP) is -0.115. The van der Waals surface area contributed by atoms with Crippen molar-refractivity contribution in [2.45, 2.75) is 36.4 Å². The molecule has 0 amide bonds. The van der Waals surface area contributed by atoms with Crippen LogP contribution in [0.2, 0.25) is 0 Å². The van der Waals surface area contributed by atoms with E-state index in [1.165, 1.54) is 0 Å². The van der Waals surface area contributed by atoms with E-state index in [0.717, 1.165) is 12.8 Å². The first-order valence-corrected chi connectivity index (χ1v) is 6.07. The summed E-state index contributed by atoms with van der Waals surface area (Å²) in [7, 11) is 0. The second-order valence-corrected chi connectivity index (χ2v) is 5.05. The van der Waals surface area contributed by atoms with Crippen molar-refractivity contribution in [1.29, 1.82) is 0 Å². The number of ether oxygens (including phenoxy) is 1. The van der Waals surface area contributed by atoms with Gasteiger partial charge in [-0.25, -0.2) is 0 Å². The normalized spacial score (nSPS) is 18.4. The molecule has 3 atom stereocenters. The Bertz CT molecular complexity index is 242. The molecule has 0 aromatic carbocycles. The van der Waals surface area contributed by atoms with Crippen molar-refractivity contribution in [2.75, 3.05) is 19.8 Å². The Balaban J connectivity index is 4.27. The van der Waals surface area contributed by atoms with Crippen molar-refractivity contribution in [3.63, 3.8) is 0 Å².